The molecule has 1 aliphatic heterocycles. The Kier molecular flexibility index (Phi) is 7.25. The highest BCUT2D eigenvalue weighted by Crippen LogP contribution is 2.30. The number of hydrogen-bond acceptors (Lipinski definition) is 6. The van der Waals surface area contributed by atoms with E-state index in [0.29, 0.717) is 25.7 Å². The van der Waals surface area contributed by atoms with Gasteiger partial charge in [-0.1, -0.05) is 30.3 Å². The predicted octanol–water partition coefficient (Wildman–Crippen LogP) is 3.07. The molecule has 5 rings (SSSR count). The number of nitrogens with zero attached hydrogens (tertiary/aromatic N) is 3. The molecule has 1 atom stereocenters. The Morgan fingerprint density at radius 3 is 2.39 bits per heavy atom. The second-order valence-electron chi connectivity index (χ2n) is 9.60. The summed E-state index contributed by atoms with van der Waals surface area (Å²) in [5.74, 6) is 1.01. The van der Waals surface area contributed by atoms with Gasteiger partial charge in [0.2, 0.25) is 5.91 Å². The summed E-state index contributed by atoms with van der Waals surface area (Å²) in [5.41, 5.74) is 6.26. The summed E-state index contributed by atoms with van der Waals surface area (Å²) in [5, 5.41) is 3.16. The summed E-state index contributed by atoms with van der Waals surface area (Å²) in [7, 11) is 0. The molecule has 0 spiro atoms. The third-order valence-electron chi connectivity index (χ3n) is 7.33. The van der Waals surface area contributed by atoms with Crippen molar-refractivity contribution < 1.29 is 9.18 Å². The minimum absolute atomic E-state index is 0.0684. The van der Waals surface area contributed by atoms with Crippen LogP contribution in [0.1, 0.15) is 62.2 Å². The summed E-state index contributed by atoms with van der Waals surface area (Å²) in [6, 6.07) is 9.15. The van der Waals surface area contributed by atoms with Crippen molar-refractivity contribution >= 4 is 28.7 Å². The molecule has 1 saturated heterocycles. The van der Waals surface area contributed by atoms with Gasteiger partial charge in [-0.05, 0) is 61.7 Å². The molecule has 36 heavy (non-hydrogen) atoms. The van der Waals surface area contributed by atoms with Gasteiger partial charge >= 0.3 is 5.69 Å². The Morgan fingerprint density at radius 1 is 1.03 bits per heavy atom. The molecule has 2 aliphatic rings. The Bertz CT molecular complexity index is 1360. The van der Waals surface area contributed by atoms with E-state index >= 15 is 0 Å². The van der Waals surface area contributed by atoms with Crippen molar-refractivity contribution in [2.45, 2.75) is 62.7 Å². The summed E-state index contributed by atoms with van der Waals surface area (Å²) in [4.78, 5) is 43.9. The van der Waals surface area contributed by atoms with Crippen LogP contribution in [-0.2, 0) is 4.79 Å². The zero-order valence-corrected chi connectivity index (χ0v) is 20.8. The van der Waals surface area contributed by atoms with Crippen LogP contribution in [0.5, 0.6) is 0 Å². The monoisotopic (exact) mass is 511 g/mol. The van der Waals surface area contributed by atoms with Crippen LogP contribution in [0, 0.1) is 5.82 Å². The third kappa shape index (κ3) is 4.84. The van der Waals surface area contributed by atoms with Crippen molar-refractivity contribution in [1.29, 1.82) is 0 Å². The standard InChI is InChI=1S/C26H30FN5O3S/c27-17-14-21-23(29-15-17)31(20-10-12-36-13-11-20)26(35)32(25(21)34)19-8-6-18(7-9-19)30-24(33)22(28)16-4-2-1-3-5-16/h1-5,14-15,18-20,22H,6-13,28H2,(H,30,33)/t18?,19?,22-/m0/s1. The first kappa shape index (κ1) is 24.7. The molecule has 1 aliphatic carbocycles. The lowest BCUT2D eigenvalue weighted by molar-refractivity contribution is -0.123. The highest BCUT2D eigenvalue weighted by Gasteiger charge is 2.30. The lowest BCUT2D eigenvalue weighted by Crippen LogP contribution is -2.47. The lowest BCUT2D eigenvalue weighted by Gasteiger charge is -2.32. The lowest BCUT2D eigenvalue weighted by atomic mass is 9.90. The molecule has 0 bridgehead atoms. The van der Waals surface area contributed by atoms with Crippen LogP contribution in [-0.4, -0.2) is 37.6 Å². The van der Waals surface area contributed by atoms with Gasteiger partial charge in [-0.2, -0.15) is 11.8 Å². The molecule has 3 N–H and O–H groups in total. The van der Waals surface area contributed by atoms with Crippen LogP contribution in [0.4, 0.5) is 4.39 Å². The average Bonchev–Trinajstić information content (AvgIpc) is 2.91. The molecule has 2 aromatic heterocycles. The first-order valence-electron chi connectivity index (χ1n) is 12.4. The van der Waals surface area contributed by atoms with Crippen LogP contribution >= 0.6 is 11.8 Å². The number of nitrogens with one attached hydrogen (secondary N) is 1. The Morgan fingerprint density at radius 2 is 1.69 bits per heavy atom. The van der Waals surface area contributed by atoms with Gasteiger partial charge in [0.25, 0.3) is 5.56 Å². The minimum Gasteiger partial charge on any atom is -0.352 e. The first-order valence-corrected chi connectivity index (χ1v) is 13.6. The summed E-state index contributed by atoms with van der Waals surface area (Å²) >= 11 is 1.84. The van der Waals surface area contributed by atoms with Crippen molar-refractivity contribution in [2.75, 3.05) is 11.5 Å². The zero-order valence-electron chi connectivity index (χ0n) is 19.9. The van der Waals surface area contributed by atoms with Crippen LogP contribution < -0.4 is 22.3 Å². The number of thioether (sulfide) groups is 1. The molecule has 8 nitrogen and oxygen atoms in total. The fourth-order valence-electron chi connectivity index (χ4n) is 5.38. The molecular weight excluding hydrogens is 481 g/mol. The topological polar surface area (TPSA) is 112 Å². The first-order chi connectivity index (χ1) is 17.4. The van der Waals surface area contributed by atoms with Gasteiger partial charge in [0.15, 0.2) is 0 Å². The zero-order chi connectivity index (χ0) is 25.2. The average molecular weight is 512 g/mol. The number of halogens is 1. The Labute approximate surface area is 212 Å². The van der Waals surface area contributed by atoms with Crippen LogP contribution in [0.15, 0.2) is 52.2 Å². The van der Waals surface area contributed by atoms with Gasteiger partial charge in [-0.3, -0.25) is 18.7 Å². The smallest absolute Gasteiger partial charge is 0.333 e. The second kappa shape index (κ2) is 10.6. The number of nitrogens with two attached hydrogens (primary N) is 1. The van der Waals surface area contributed by atoms with Gasteiger partial charge in [0.1, 0.15) is 17.5 Å². The van der Waals surface area contributed by atoms with Crippen molar-refractivity contribution in [1.82, 2.24) is 19.4 Å². The second-order valence-corrected chi connectivity index (χ2v) is 10.8. The molecule has 1 amide bonds. The highest BCUT2D eigenvalue weighted by molar-refractivity contribution is 7.99. The normalized spacial score (nSPS) is 21.8. The van der Waals surface area contributed by atoms with Gasteiger partial charge in [-0.25, -0.2) is 14.2 Å². The van der Waals surface area contributed by atoms with Crippen LogP contribution in [0.2, 0.25) is 0 Å². The molecule has 1 saturated carbocycles. The van der Waals surface area contributed by atoms with E-state index < -0.39 is 17.4 Å². The fourth-order valence-corrected chi connectivity index (χ4v) is 6.46. The maximum atomic E-state index is 14.1. The summed E-state index contributed by atoms with van der Waals surface area (Å²) in [6.07, 6.45) is 5.00. The number of carbonyl (C=O) groups is 1. The molecular formula is C26H30FN5O3S. The van der Waals surface area contributed by atoms with Crippen molar-refractivity contribution in [3.63, 3.8) is 0 Å². The molecule has 190 valence electrons. The predicted molar refractivity (Wildman–Crippen MR) is 139 cm³/mol. The summed E-state index contributed by atoms with van der Waals surface area (Å²) in [6.45, 7) is 0. The molecule has 1 aromatic carbocycles. The van der Waals surface area contributed by atoms with E-state index in [9.17, 15) is 18.8 Å². The van der Waals surface area contributed by atoms with E-state index in [2.05, 4.69) is 10.3 Å². The number of carbonyl (C=O) groups excluding carboxylic acids is 1. The van der Waals surface area contributed by atoms with Gasteiger partial charge in [-0.15, -0.1) is 0 Å². The van der Waals surface area contributed by atoms with Crippen LogP contribution in [0.3, 0.4) is 0 Å². The number of hydrogen-bond donors (Lipinski definition) is 2. The molecule has 3 heterocycles. The van der Waals surface area contributed by atoms with Gasteiger partial charge < -0.3 is 11.1 Å². The van der Waals surface area contributed by atoms with E-state index in [0.717, 1.165) is 36.1 Å². The Balaban J connectivity index is 1.38. The number of rotatable bonds is 5. The van der Waals surface area contributed by atoms with E-state index in [-0.39, 0.29) is 40.8 Å². The maximum Gasteiger partial charge on any atom is 0.333 e. The number of benzene rings is 1. The van der Waals surface area contributed by atoms with Crippen molar-refractivity contribution in [3.8, 4) is 0 Å². The van der Waals surface area contributed by atoms with E-state index in [1.807, 2.05) is 42.1 Å². The minimum atomic E-state index is -0.754. The molecule has 2 fully saturated rings. The molecule has 10 heteroatoms. The van der Waals surface area contributed by atoms with Crippen LogP contribution in [0.25, 0.3) is 11.0 Å². The van der Waals surface area contributed by atoms with Crippen molar-refractivity contribution in [2.24, 2.45) is 5.73 Å². The SMILES string of the molecule is N[C@H](C(=O)NC1CCC(n2c(=O)c3cc(F)cnc3n(C3CCSCC3)c2=O)CC1)c1ccccc1. The quantitative estimate of drug-likeness (QED) is 0.545. The van der Waals surface area contributed by atoms with Gasteiger partial charge in [0.05, 0.1) is 11.6 Å². The third-order valence-corrected chi connectivity index (χ3v) is 8.38. The number of fused-ring (bicyclic) bond motifs is 1. The summed E-state index contributed by atoms with van der Waals surface area (Å²) < 4.78 is 17.0. The highest BCUT2D eigenvalue weighted by atomic mass is 32.2. The largest absolute Gasteiger partial charge is 0.352 e. The molecule has 0 radical (unpaired) electrons. The number of pyridine rings is 1. The maximum absolute atomic E-state index is 14.1. The number of amides is 1. The van der Waals surface area contributed by atoms with E-state index in [1.54, 1.807) is 4.57 Å². The molecule has 0 unspecified atom stereocenters. The molecule has 3 aromatic rings. The van der Waals surface area contributed by atoms with E-state index in [1.165, 1.54) is 10.6 Å². The van der Waals surface area contributed by atoms with Crippen molar-refractivity contribution in [3.05, 3.63) is 74.8 Å². The number of aromatic nitrogens is 3. The van der Waals surface area contributed by atoms with E-state index in [4.69, 9.17) is 5.73 Å². The fraction of sp³-hybridized carbons (Fsp3) is 0.462. The van der Waals surface area contributed by atoms with Gasteiger partial charge in [0, 0.05) is 18.1 Å². The Hall–Kier alpha value is -2.98.